The van der Waals surface area contributed by atoms with E-state index in [1.54, 1.807) is 0 Å². The van der Waals surface area contributed by atoms with Gasteiger partial charge in [0.25, 0.3) is 0 Å². The van der Waals surface area contributed by atoms with Gasteiger partial charge in [0.1, 0.15) is 12.4 Å². The average Bonchev–Trinajstić information content (AvgIpc) is 2.78. The Morgan fingerprint density at radius 3 is 2.62 bits per heavy atom. The number of nitrogens with zero attached hydrogens (tertiary/aromatic N) is 3. The summed E-state index contributed by atoms with van der Waals surface area (Å²) >= 11 is 0. The summed E-state index contributed by atoms with van der Waals surface area (Å²) < 4.78 is 6.15. The molecule has 1 aliphatic heterocycles. The second-order valence-corrected chi connectivity index (χ2v) is 9.49. The normalized spacial score (nSPS) is 14.5. The van der Waals surface area contributed by atoms with Crippen molar-refractivity contribution in [3.63, 3.8) is 0 Å². The molecule has 0 fully saturated rings. The van der Waals surface area contributed by atoms with Crippen LogP contribution in [-0.2, 0) is 24.4 Å². The highest BCUT2D eigenvalue weighted by Crippen LogP contribution is 2.27. The number of hydrogen-bond donors (Lipinski definition) is 1. The third-order valence-electron chi connectivity index (χ3n) is 6.56. The van der Waals surface area contributed by atoms with E-state index in [4.69, 9.17) is 14.8 Å². The SMILES string of the molecule is Cc1cc(-c2ncc3c(n2)CCN(CC(C)CC(=O)O)C3)ccc1OCc1c(C)cccc1C. The summed E-state index contributed by atoms with van der Waals surface area (Å²) in [5, 5.41) is 9.00. The van der Waals surface area contributed by atoms with E-state index in [0.717, 1.165) is 60.0 Å². The first kappa shape index (κ1) is 23.9. The third-order valence-corrected chi connectivity index (χ3v) is 6.56. The minimum atomic E-state index is -0.741. The van der Waals surface area contributed by atoms with Crippen molar-refractivity contribution in [1.82, 2.24) is 14.9 Å². The van der Waals surface area contributed by atoms with Crippen LogP contribution in [0.3, 0.4) is 0 Å². The van der Waals surface area contributed by atoms with E-state index in [1.807, 2.05) is 25.3 Å². The molecule has 0 spiro atoms. The molecular formula is C28H33N3O3. The number of fused-ring (bicyclic) bond motifs is 1. The van der Waals surface area contributed by atoms with Gasteiger partial charge in [0.2, 0.25) is 0 Å². The van der Waals surface area contributed by atoms with Gasteiger partial charge in [-0.05, 0) is 67.1 Å². The fourth-order valence-electron chi connectivity index (χ4n) is 4.65. The lowest BCUT2D eigenvalue weighted by molar-refractivity contribution is -0.138. The number of rotatable bonds is 8. The van der Waals surface area contributed by atoms with Gasteiger partial charge < -0.3 is 9.84 Å². The van der Waals surface area contributed by atoms with Gasteiger partial charge >= 0.3 is 5.97 Å². The van der Waals surface area contributed by atoms with E-state index < -0.39 is 5.97 Å². The van der Waals surface area contributed by atoms with Crippen molar-refractivity contribution < 1.29 is 14.6 Å². The molecule has 6 nitrogen and oxygen atoms in total. The monoisotopic (exact) mass is 459 g/mol. The number of benzene rings is 2. The Labute approximate surface area is 201 Å². The molecule has 3 aromatic rings. The van der Waals surface area contributed by atoms with Gasteiger partial charge in [0.05, 0.1) is 5.69 Å². The summed E-state index contributed by atoms with van der Waals surface area (Å²) in [6.07, 6.45) is 2.97. The van der Waals surface area contributed by atoms with Crippen LogP contribution in [0.25, 0.3) is 11.4 Å². The molecule has 2 aromatic carbocycles. The molecule has 0 bridgehead atoms. The van der Waals surface area contributed by atoms with Crippen LogP contribution in [0.4, 0.5) is 0 Å². The zero-order valence-electron chi connectivity index (χ0n) is 20.5. The standard InChI is InChI=1S/C28H33N3O3/c1-18(12-27(32)33)15-31-11-10-25-23(16-31)14-29-28(30-25)22-8-9-26(21(4)13-22)34-17-24-19(2)6-5-7-20(24)3/h5-9,13-14,18H,10-12,15-17H2,1-4H3,(H,32,33). The van der Waals surface area contributed by atoms with Crippen LogP contribution in [0.1, 0.15) is 46.9 Å². The smallest absolute Gasteiger partial charge is 0.303 e. The first-order valence-electron chi connectivity index (χ1n) is 11.9. The molecule has 0 radical (unpaired) electrons. The summed E-state index contributed by atoms with van der Waals surface area (Å²) in [5.74, 6) is 0.985. The Bertz CT molecular complexity index is 1170. The minimum Gasteiger partial charge on any atom is -0.489 e. The van der Waals surface area contributed by atoms with E-state index >= 15 is 0 Å². The van der Waals surface area contributed by atoms with Crippen LogP contribution < -0.4 is 4.74 Å². The zero-order chi connectivity index (χ0) is 24.2. The van der Waals surface area contributed by atoms with Crippen molar-refractivity contribution in [1.29, 1.82) is 0 Å². The molecule has 0 saturated heterocycles. The van der Waals surface area contributed by atoms with Crippen LogP contribution in [0, 0.1) is 26.7 Å². The lowest BCUT2D eigenvalue weighted by Crippen LogP contribution is -2.35. The molecule has 0 amide bonds. The molecule has 0 aliphatic carbocycles. The Kier molecular flexibility index (Phi) is 7.27. The summed E-state index contributed by atoms with van der Waals surface area (Å²) in [5.41, 5.74) is 7.97. The molecule has 0 saturated carbocycles. The third kappa shape index (κ3) is 5.62. The Morgan fingerprint density at radius 1 is 1.15 bits per heavy atom. The molecule has 1 N–H and O–H groups in total. The van der Waals surface area contributed by atoms with E-state index in [2.05, 4.69) is 54.9 Å². The quantitative estimate of drug-likeness (QED) is 0.504. The van der Waals surface area contributed by atoms with Gasteiger partial charge in [0.15, 0.2) is 5.82 Å². The van der Waals surface area contributed by atoms with Crippen molar-refractivity contribution in [3.05, 3.63) is 76.1 Å². The Balaban J connectivity index is 1.43. The molecule has 1 atom stereocenters. The van der Waals surface area contributed by atoms with E-state index in [0.29, 0.717) is 6.61 Å². The number of aryl methyl sites for hydroxylation is 3. The molecule has 34 heavy (non-hydrogen) atoms. The van der Waals surface area contributed by atoms with Crippen LogP contribution >= 0.6 is 0 Å². The number of carboxylic acid groups (broad SMARTS) is 1. The minimum absolute atomic E-state index is 0.123. The highest BCUT2D eigenvalue weighted by atomic mass is 16.5. The van der Waals surface area contributed by atoms with Gasteiger partial charge in [-0.3, -0.25) is 9.69 Å². The van der Waals surface area contributed by atoms with Crippen LogP contribution in [-0.4, -0.2) is 39.0 Å². The Hall–Kier alpha value is -3.25. The van der Waals surface area contributed by atoms with Gasteiger partial charge in [-0.2, -0.15) is 0 Å². The number of ether oxygens (including phenoxy) is 1. The first-order chi connectivity index (χ1) is 16.3. The second kappa shape index (κ2) is 10.3. The molecule has 4 rings (SSSR count). The van der Waals surface area contributed by atoms with Crippen LogP contribution in [0.2, 0.25) is 0 Å². The largest absolute Gasteiger partial charge is 0.489 e. The number of aromatic nitrogens is 2. The highest BCUT2D eigenvalue weighted by Gasteiger charge is 2.21. The zero-order valence-corrected chi connectivity index (χ0v) is 20.5. The number of hydrogen-bond acceptors (Lipinski definition) is 5. The molecule has 2 heterocycles. The topological polar surface area (TPSA) is 75.6 Å². The summed E-state index contributed by atoms with van der Waals surface area (Å²) in [4.78, 5) is 22.7. The van der Waals surface area contributed by atoms with E-state index in [-0.39, 0.29) is 12.3 Å². The maximum absolute atomic E-state index is 10.9. The van der Waals surface area contributed by atoms with Crippen molar-refractivity contribution in [3.8, 4) is 17.1 Å². The maximum Gasteiger partial charge on any atom is 0.303 e. The first-order valence-corrected chi connectivity index (χ1v) is 11.9. The molecule has 1 unspecified atom stereocenters. The predicted octanol–water partition coefficient (Wildman–Crippen LogP) is 5.12. The summed E-state index contributed by atoms with van der Waals surface area (Å²) in [6, 6.07) is 12.4. The maximum atomic E-state index is 10.9. The van der Waals surface area contributed by atoms with E-state index in [9.17, 15) is 4.79 Å². The number of carbonyl (C=O) groups is 1. The van der Waals surface area contributed by atoms with Crippen LogP contribution in [0.15, 0.2) is 42.6 Å². The fourth-order valence-corrected chi connectivity index (χ4v) is 4.65. The van der Waals surface area contributed by atoms with Gasteiger partial charge in [-0.1, -0.05) is 25.1 Å². The van der Waals surface area contributed by atoms with Gasteiger partial charge in [-0.15, -0.1) is 0 Å². The van der Waals surface area contributed by atoms with Crippen molar-refractivity contribution >= 4 is 5.97 Å². The molecule has 178 valence electrons. The predicted molar refractivity (Wildman–Crippen MR) is 133 cm³/mol. The average molecular weight is 460 g/mol. The van der Waals surface area contributed by atoms with Crippen molar-refractivity contribution in [2.45, 2.75) is 53.7 Å². The number of aliphatic carboxylic acids is 1. The Morgan fingerprint density at radius 2 is 1.91 bits per heavy atom. The van der Waals surface area contributed by atoms with E-state index in [1.165, 1.54) is 16.7 Å². The van der Waals surface area contributed by atoms with Gasteiger partial charge in [-0.25, -0.2) is 9.97 Å². The summed E-state index contributed by atoms with van der Waals surface area (Å²) in [6.45, 7) is 11.3. The van der Waals surface area contributed by atoms with Gasteiger partial charge in [0, 0.05) is 49.8 Å². The lowest BCUT2D eigenvalue weighted by atomic mass is 10.0. The summed E-state index contributed by atoms with van der Waals surface area (Å²) in [7, 11) is 0. The fraction of sp³-hybridized carbons (Fsp3) is 0.393. The molecule has 1 aromatic heterocycles. The lowest BCUT2D eigenvalue weighted by Gasteiger charge is -2.29. The van der Waals surface area contributed by atoms with Crippen LogP contribution in [0.5, 0.6) is 5.75 Å². The van der Waals surface area contributed by atoms with Crippen molar-refractivity contribution in [2.75, 3.05) is 13.1 Å². The molecule has 6 heteroatoms. The molecule has 1 aliphatic rings. The molecular weight excluding hydrogens is 426 g/mol. The number of carboxylic acids is 1. The second-order valence-electron chi connectivity index (χ2n) is 9.49. The highest BCUT2D eigenvalue weighted by molar-refractivity contribution is 5.67. The van der Waals surface area contributed by atoms with Crippen molar-refractivity contribution in [2.24, 2.45) is 5.92 Å².